The monoisotopic (exact) mass is 438 g/mol. The van der Waals surface area contributed by atoms with Crippen LogP contribution in [-0.4, -0.2) is 61.5 Å². The van der Waals surface area contributed by atoms with E-state index >= 15 is 0 Å². The average Bonchev–Trinajstić information content (AvgIpc) is 2.81. The van der Waals surface area contributed by atoms with Crippen molar-refractivity contribution in [3.8, 4) is 0 Å². The number of benzene rings is 2. The summed E-state index contributed by atoms with van der Waals surface area (Å²) in [6, 6.07) is 15.7. The van der Waals surface area contributed by atoms with Crippen molar-refractivity contribution in [2.75, 3.05) is 44.7 Å². The van der Waals surface area contributed by atoms with Crippen LogP contribution in [0.1, 0.15) is 30.9 Å². The van der Waals surface area contributed by atoms with E-state index < -0.39 is 0 Å². The van der Waals surface area contributed by atoms with Crippen molar-refractivity contribution in [1.82, 2.24) is 15.1 Å². The zero-order valence-corrected chi connectivity index (χ0v) is 19.3. The van der Waals surface area contributed by atoms with Gasteiger partial charge in [-0.15, -0.1) is 0 Å². The first-order valence-electron chi connectivity index (χ1n) is 11.8. The van der Waals surface area contributed by atoms with Gasteiger partial charge in [0.1, 0.15) is 5.82 Å². The van der Waals surface area contributed by atoms with Crippen LogP contribution in [0.4, 0.5) is 10.1 Å². The predicted molar refractivity (Wildman–Crippen MR) is 127 cm³/mol. The number of piperazine rings is 1. The average molecular weight is 439 g/mol. The number of nitrogens with one attached hydrogen (secondary N) is 1. The fourth-order valence-electron chi connectivity index (χ4n) is 4.83. The Hall–Kier alpha value is -2.28. The van der Waals surface area contributed by atoms with Crippen molar-refractivity contribution in [3.63, 3.8) is 0 Å². The fraction of sp³-hybridized carbons (Fsp3) is 0.500. The minimum absolute atomic E-state index is 0.0616. The topological polar surface area (TPSA) is 38.8 Å². The van der Waals surface area contributed by atoms with Crippen LogP contribution in [0.2, 0.25) is 0 Å². The van der Waals surface area contributed by atoms with Crippen LogP contribution in [0.3, 0.4) is 0 Å². The lowest BCUT2D eigenvalue weighted by molar-refractivity contribution is -0.123. The zero-order chi connectivity index (χ0) is 22.5. The van der Waals surface area contributed by atoms with Gasteiger partial charge in [-0.25, -0.2) is 4.39 Å². The standard InChI is InChI=1S/C26H35FN4O/c1-20-17-31(16-13-28-20)19-22-5-9-25(10-6-22)29(2)26(32)23-11-14-30(15-12-23)18-21-3-7-24(27)8-4-21/h3-10,20,23,28H,11-19H2,1-2H3/t20-/m0/s1. The molecule has 1 amide bonds. The third-order valence-electron chi connectivity index (χ3n) is 6.77. The van der Waals surface area contributed by atoms with Gasteiger partial charge in [-0.05, 0) is 68.2 Å². The molecule has 0 aliphatic carbocycles. The first-order chi connectivity index (χ1) is 15.5. The van der Waals surface area contributed by atoms with E-state index in [1.54, 1.807) is 0 Å². The minimum atomic E-state index is -0.201. The van der Waals surface area contributed by atoms with E-state index in [1.165, 1.54) is 17.7 Å². The number of likely N-dealkylation sites (tertiary alicyclic amines) is 1. The summed E-state index contributed by atoms with van der Waals surface area (Å²) in [5.74, 6) is 0.0640. The number of halogens is 1. The van der Waals surface area contributed by atoms with Gasteiger partial charge in [-0.3, -0.25) is 14.6 Å². The number of piperidine rings is 1. The van der Waals surface area contributed by atoms with Crippen molar-refractivity contribution < 1.29 is 9.18 Å². The number of hydrogen-bond donors (Lipinski definition) is 1. The van der Waals surface area contributed by atoms with Gasteiger partial charge in [0.15, 0.2) is 0 Å². The summed E-state index contributed by atoms with van der Waals surface area (Å²) in [6.07, 6.45) is 1.73. The van der Waals surface area contributed by atoms with Crippen LogP contribution in [0.25, 0.3) is 0 Å². The van der Waals surface area contributed by atoms with E-state index in [0.717, 1.165) is 69.9 Å². The molecule has 2 aromatic carbocycles. The highest BCUT2D eigenvalue weighted by atomic mass is 19.1. The molecule has 2 saturated heterocycles. The first kappa shape index (κ1) is 22.9. The lowest BCUT2D eigenvalue weighted by atomic mass is 9.94. The van der Waals surface area contributed by atoms with Crippen LogP contribution in [0, 0.1) is 11.7 Å². The molecule has 0 bridgehead atoms. The van der Waals surface area contributed by atoms with Crippen molar-refractivity contribution in [2.24, 2.45) is 5.92 Å². The van der Waals surface area contributed by atoms with Crippen molar-refractivity contribution >= 4 is 11.6 Å². The second-order valence-corrected chi connectivity index (χ2v) is 9.33. The number of rotatable bonds is 6. The highest BCUT2D eigenvalue weighted by Crippen LogP contribution is 2.24. The smallest absolute Gasteiger partial charge is 0.229 e. The summed E-state index contributed by atoms with van der Waals surface area (Å²) in [4.78, 5) is 19.7. The van der Waals surface area contributed by atoms with Crippen molar-refractivity contribution in [1.29, 1.82) is 0 Å². The second kappa shape index (κ2) is 10.6. The molecule has 1 N–H and O–H groups in total. The number of carbonyl (C=O) groups is 1. The molecule has 5 nitrogen and oxygen atoms in total. The SMILES string of the molecule is C[C@H]1CN(Cc2ccc(N(C)C(=O)C3CCN(Cc4ccc(F)cc4)CC3)cc2)CCN1. The van der Waals surface area contributed by atoms with Gasteiger partial charge < -0.3 is 10.2 Å². The predicted octanol–water partition coefficient (Wildman–Crippen LogP) is 3.49. The maximum atomic E-state index is 13.1. The highest BCUT2D eigenvalue weighted by Gasteiger charge is 2.27. The van der Waals surface area contributed by atoms with Gasteiger partial charge >= 0.3 is 0 Å². The van der Waals surface area contributed by atoms with E-state index in [2.05, 4.69) is 46.3 Å². The molecule has 32 heavy (non-hydrogen) atoms. The van der Waals surface area contributed by atoms with Gasteiger partial charge in [-0.2, -0.15) is 0 Å². The van der Waals surface area contributed by atoms with Crippen LogP contribution in [-0.2, 0) is 17.9 Å². The number of hydrogen-bond acceptors (Lipinski definition) is 4. The Balaban J connectivity index is 1.26. The number of carbonyl (C=O) groups excluding carboxylic acids is 1. The molecule has 2 aromatic rings. The Kier molecular flexibility index (Phi) is 7.55. The highest BCUT2D eigenvalue weighted by molar-refractivity contribution is 5.94. The third kappa shape index (κ3) is 5.94. The molecule has 0 radical (unpaired) electrons. The molecule has 1 atom stereocenters. The largest absolute Gasteiger partial charge is 0.315 e. The Morgan fingerprint density at radius 3 is 2.19 bits per heavy atom. The number of anilines is 1. The summed E-state index contributed by atoms with van der Waals surface area (Å²) in [6.45, 7) is 8.96. The normalized spacial score (nSPS) is 20.9. The Bertz CT molecular complexity index is 878. The third-order valence-corrected chi connectivity index (χ3v) is 6.77. The molecule has 0 unspecified atom stereocenters. The fourth-order valence-corrected chi connectivity index (χ4v) is 4.83. The molecule has 0 saturated carbocycles. The van der Waals surface area contributed by atoms with E-state index in [-0.39, 0.29) is 17.6 Å². The lowest BCUT2D eigenvalue weighted by Crippen LogP contribution is -2.48. The summed E-state index contributed by atoms with van der Waals surface area (Å²) in [5, 5.41) is 3.48. The van der Waals surface area contributed by atoms with E-state index in [0.29, 0.717) is 6.04 Å². The lowest BCUT2D eigenvalue weighted by Gasteiger charge is -2.33. The quantitative estimate of drug-likeness (QED) is 0.749. The Morgan fingerprint density at radius 2 is 1.56 bits per heavy atom. The molecule has 2 heterocycles. The minimum Gasteiger partial charge on any atom is -0.315 e. The zero-order valence-electron chi connectivity index (χ0n) is 19.3. The van der Waals surface area contributed by atoms with Gasteiger partial charge in [0, 0.05) is 57.4 Å². The molecule has 172 valence electrons. The van der Waals surface area contributed by atoms with Crippen LogP contribution in [0.15, 0.2) is 48.5 Å². The molecule has 2 aliphatic heterocycles. The van der Waals surface area contributed by atoms with E-state index in [4.69, 9.17) is 0 Å². The number of amides is 1. The second-order valence-electron chi connectivity index (χ2n) is 9.33. The molecule has 4 rings (SSSR count). The molecular weight excluding hydrogens is 403 g/mol. The van der Waals surface area contributed by atoms with Crippen LogP contribution in [0.5, 0.6) is 0 Å². The van der Waals surface area contributed by atoms with E-state index in [9.17, 15) is 9.18 Å². The first-order valence-corrected chi connectivity index (χ1v) is 11.8. The Morgan fingerprint density at radius 1 is 0.969 bits per heavy atom. The Labute approximate surface area is 191 Å². The number of nitrogens with zero attached hydrogens (tertiary/aromatic N) is 3. The molecule has 6 heteroatoms. The van der Waals surface area contributed by atoms with Gasteiger partial charge in [-0.1, -0.05) is 24.3 Å². The van der Waals surface area contributed by atoms with Crippen molar-refractivity contribution in [3.05, 3.63) is 65.5 Å². The van der Waals surface area contributed by atoms with Gasteiger partial charge in [0.2, 0.25) is 5.91 Å². The van der Waals surface area contributed by atoms with E-state index in [1.807, 2.05) is 24.1 Å². The molecule has 0 spiro atoms. The van der Waals surface area contributed by atoms with Gasteiger partial charge in [0.25, 0.3) is 0 Å². The van der Waals surface area contributed by atoms with Crippen LogP contribution >= 0.6 is 0 Å². The maximum Gasteiger partial charge on any atom is 0.229 e. The van der Waals surface area contributed by atoms with Gasteiger partial charge in [0.05, 0.1) is 0 Å². The summed E-state index contributed by atoms with van der Waals surface area (Å²) >= 11 is 0. The van der Waals surface area contributed by atoms with Crippen molar-refractivity contribution in [2.45, 2.75) is 38.9 Å². The molecular formula is C26H35FN4O. The summed E-state index contributed by atoms with van der Waals surface area (Å²) < 4.78 is 13.1. The summed E-state index contributed by atoms with van der Waals surface area (Å²) in [5.41, 5.74) is 3.36. The van der Waals surface area contributed by atoms with Crippen LogP contribution < -0.4 is 10.2 Å². The molecule has 2 fully saturated rings. The molecule has 2 aliphatic rings. The molecule has 0 aromatic heterocycles. The maximum absolute atomic E-state index is 13.1. The summed E-state index contributed by atoms with van der Waals surface area (Å²) in [7, 11) is 1.89.